The Balaban J connectivity index is 0.000000396. The summed E-state index contributed by atoms with van der Waals surface area (Å²) in [6, 6.07) is 6.03. The van der Waals surface area contributed by atoms with Gasteiger partial charge in [-0.25, -0.2) is 0 Å². The van der Waals surface area contributed by atoms with Crippen LogP contribution in [-0.4, -0.2) is 5.91 Å². The molecule has 0 unspecified atom stereocenters. The third-order valence-electron chi connectivity index (χ3n) is 1.89. The zero-order valence-electron chi connectivity index (χ0n) is 8.35. The second-order valence-electron chi connectivity index (χ2n) is 2.89. The molecule has 0 radical (unpaired) electrons. The van der Waals surface area contributed by atoms with Gasteiger partial charge in [0.25, 0.3) is 0 Å². The molecule has 0 atom stereocenters. The van der Waals surface area contributed by atoms with Gasteiger partial charge < -0.3 is 5.32 Å². The van der Waals surface area contributed by atoms with Gasteiger partial charge in [0.1, 0.15) is 0 Å². The van der Waals surface area contributed by atoms with Gasteiger partial charge in [-0.05, 0) is 24.1 Å². The van der Waals surface area contributed by atoms with Crippen LogP contribution in [0.1, 0.15) is 25.0 Å². The minimum atomic E-state index is 0.102. The first kappa shape index (κ1) is 9.78. The Hall–Kier alpha value is -1.31. The Bertz CT molecular complexity index is 318. The number of hydrogen-bond acceptors (Lipinski definition) is 1. The van der Waals surface area contributed by atoms with Crippen LogP contribution >= 0.6 is 0 Å². The molecule has 1 aliphatic rings. The van der Waals surface area contributed by atoms with Crippen molar-refractivity contribution in [2.75, 3.05) is 5.32 Å². The van der Waals surface area contributed by atoms with Crippen molar-refractivity contribution in [3.63, 3.8) is 0 Å². The third-order valence-corrected chi connectivity index (χ3v) is 1.89. The zero-order chi connectivity index (χ0) is 9.84. The summed E-state index contributed by atoms with van der Waals surface area (Å²) < 4.78 is 0. The van der Waals surface area contributed by atoms with Gasteiger partial charge in [0.2, 0.25) is 5.91 Å². The summed E-state index contributed by atoms with van der Waals surface area (Å²) >= 11 is 0. The molecule has 0 fully saturated rings. The number of benzene rings is 1. The van der Waals surface area contributed by atoms with Crippen LogP contribution in [0.4, 0.5) is 5.69 Å². The van der Waals surface area contributed by atoms with Gasteiger partial charge in [0.15, 0.2) is 0 Å². The fourth-order valence-electron chi connectivity index (χ4n) is 1.33. The lowest BCUT2D eigenvalue weighted by Crippen LogP contribution is -2.03. The SMILES string of the molecule is CC.Cc1ccc2c(c1)NC(=O)C2. The minimum absolute atomic E-state index is 0.102. The van der Waals surface area contributed by atoms with E-state index in [9.17, 15) is 4.79 Å². The van der Waals surface area contributed by atoms with E-state index in [1.54, 1.807) is 0 Å². The summed E-state index contributed by atoms with van der Waals surface area (Å²) in [6.07, 6.45) is 0.537. The molecule has 0 aliphatic carbocycles. The Morgan fingerprint density at radius 1 is 1.31 bits per heavy atom. The number of anilines is 1. The lowest BCUT2D eigenvalue weighted by Gasteiger charge is -1.97. The Morgan fingerprint density at radius 2 is 2.00 bits per heavy atom. The molecule has 0 bridgehead atoms. The van der Waals surface area contributed by atoms with E-state index in [2.05, 4.69) is 5.32 Å². The van der Waals surface area contributed by atoms with Crippen molar-refractivity contribution in [1.29, 1.82) is 0 Å². The molecule has 1 heterocycles. The molecule has 1 aromatic carbocycles. The second-order valence-corrected chi connectivity index (χ2v) is 2.89. The van der Waals surface area contributed by atoms with E-state index >= 15 is 0 Å². The average Bonchev–Trinajstić information content (AvgIpc) is 2.48. The molecule has 2 rings (SSSR count). The molecular weight excluding hydrogens is 162 g/mol. The predicted octanol–water partition coefficient (Wildman–Crippen LogP) is 2.52. The van der Waals surface area contributed by atoms with Crippen molar-refractivity contribution in [2.24, 2.45) is 0 Å². The average molecular weight is 177 g/mol. The molecule has 2 heteroatoms. The van der Waals surface area contributed by atoms with Gasteiger partial charge in [-0.2, -0.15) is 0 Å². The number of nitrogens with one attached hydrogen (secondary N) is 1. The number of rotatable bonds is 0. The normalized spacial score (nSPS) is 12.7. The fourth-order valence-corrected chi connectivity index (χ4v) is 1.33. The van der Waals surface area contributed by atoms with Gasteiger partial charge in [-0.3, -0.25) is 4.79 Å². The molecule has 1 aliphatic heterocycles. The monoisotopic (exact) mass is 177 g/mol. The summed E-state index contributed by atoms with van der Waals surface area (Å²) in [7, 11) is 0. The van der Waals surface area contributed by atoms with Gasteiger partial charge in [-0.1, -0.05) is 26.0 Å². The van der Waals surface area contributed by atoms with Crippen LogP contribution in [0.25, 0.3) is 0 Å². The Labute approximate surface area is 79.0 Å². The summed E-state index contributed by atoms with van der Waals surface area (Å²) in [5.74, 6) is 0.102. The Morgan fingerprint density at radius 3 is 2.69 bits per heavy atom. The van der Waals surface area contributed by atoms with E-state index in [1.807, 2.05) is 39.0 Å². The smallest absolute Gasteiger partial charge is 0.228 e. The van der Waals surface area contributed by atoms with Crippen molar-refractivity contribution in [3.8, 4) is 0 Å². The number of amides is 1. The molecule has 2 nitrogen and oxygen atoms in total. The van der Waals surface area contributed by atoms with E-state index < -0.39 is 0 Å². The highest BCUT2D eigenvalue weighted by atomic mass is 16.1. The second kappa shape index (κ2) is 4.08. The molecule has 13 heavy (non-hydrogen) atoms. The third kappa shape index (κ3) is 2.08. The van der Waals surface area contributed by atoms with Crippen LogP contribution in [0.15, 0.2) is 18.2 Å². The first-order valence-electron chi connectivity index (χ1n) is 4.65. The van der Waals surface area contributed by atoms with Crippen molar-refractivity contribution in [1.82, 2.24) is 0 Å². The van der Waals surface area contributed by atoms with Crippen LogP contribution in [0.5, 0.6) is 0 Å². The molecular formula is C11H15NO. The summed E-state index contributed by atoms with van der Waals surface area (Å²) in [5, 5.41) is 2.80. The molecule has 1 amide bonds. The number of hydrogen-bond donors (Lipinski definition) is 1. The quantitative estimate of drug-likeness (QED) is 0.648. The first-order chi connectivity index (χ1) is 6.25. The summed E-state index contributed by atoms with van der Waals surface area (Å²) in [4.78, 5) is 10.9. The van der Waals surface area contributed by atoms with E-state index in [0.717, 1.165) is 11.3 Å². The molecule has 0 spiro atoms. The molecule has 1 aromatic rings. The number of carbonyl (C=O) groups excluding carboxylic acids is 1. The highest BCUT2D eigenvalue weighted by Gasteiger charge is 2.16. The molecule has 0 saturated heterocycles. The largest absolute Gasteiger partial charge is 0.326 e. The van der Waals surface area contributed by atoms with E-state index in [-0.39, 0.29) is 5.91 Å². The van der Waals surface area contributed by atoms with Crippen LogP contribution in [-0.2, 0) is 11.2 Å². The van der Waals surface area contributed by atoms with Crippen molar-refractivity contribution in [3.05, 3.63) is 29.3 Å². The minimum Gasteiger partial charge on any atom is -0.326 e. The number of aryl methyl sites for hydroxylation is 1. The zero-order valence-corrected chi connectivity index (χ0v) is 8.35. The van der Waals surface area contributed by atoms with Crippen LogP contribution in [0, 0.1) is 6.92 Å². The van der Waals surface area contributed by atoms with E-state index in [4.69, 9.17) is 0 Å². The summed E-state index contributed by atoms with van der Waals surface area (Å²) in [5.41, 5.74) is 3.28. The van der Waals surface area contributed by atoms with Crippen LogP contribution in [0.3, 0.4) is 0 Å². The van der Waals surface area contributed by atoms with Gasteiger partial charge in [0.05, 0.1) is 6.42 Å². The molecule has 0 saturated carbocycles. The summed E-state index contributed by atoms with van der Waals surface area (Å²) in [6.45, 7) is 6.02. The van der Waals surface area contributed by atoms with E-state index in [0.29, 0.717) is 6.42 Å². The highest BCUT2D eigenvalue weighted by Crippen LogP contribution is 2.23. The van der Waals surface area contributed by atoms with Crippen LogP contribution < -0.4 is 5.32 Å². The number of carbonyl (C=O) groups is 1. The maximum atomic E-state index is 10.9. The first-order valence-corrected chi connectivity index (χ1v) is 4.65. The molecule has 1 N–H and O–H groups in total. The lowest BCUT2D eigenvalue weighted by atomic mass is 10.1. The Kier molecular flexibility index (Phi) is 3.07. The molecule has 0 aromatic heterocycles. The highest BCUT2D eigenvalue weighted by molar-refractivity contribution is 5.99. The fraction of sp³-hybridized carbons (Fsp3) is 0.364. The maximum absolute atomic E-state index is 10.9. The topological polar surface area (TPSA) is 29.1 Å². The lowest BCUT2D eigenvalue weighted by molar-refractivity contribution is -0.115. The van der Waals surface area contributed by atoms with Gasteiger partial charge >= 0.3 is 0 Å². The van der Waals surface area contributed by atoms with Crippen LogP contribution in [0.2, 0.25) is 0 Å². The van der Waals surface area contributed by atoms with Gasteiger partial charge in [0, 0.05) is 5.69 Å². The van der Waals surface area contributed by atoms with Gasteiger partial charge in [-0.15, -0.1) is 0 Å². The van der Waals surface area contributed by atoms with Crippen molar-refractivity contribution < 1.29 is 4.79 Å². The maximum Gasteiger partial charge on any atom is 0.228 e. The van der Waals surface area contributed by atoms with Crippen molar-refractivity contribution in [2.45, 2.75) is 27.2 Å². The predicted molar refractivity (Wildman–Crippen MR) is 54.9 cm³/mol. The van der Waals surface area contributed by atoms with Crippen molar-refractivity contribution >= 4 is 11.6 Å². The van der Waals surface area contributed by atoms with E-state index in [1.165, 1.54) is 5.56 Å². The number of fused-ring (bicyclic) bond motifs is 1. The standard InChI is InChI=1S/C9H9NO.C2H6/c1-6-2-3-7-5-9(11)10-8(7)4-6;1-2/h2-4H,5H2,1H3,(H,10,11);1-2H3. The molecule has 70 valence electrons.